The summed E-state index contributed by atoms with van der Waals surface area (Å²) in [5, 5.41) is 5.33. The molecule has 8 heteroatoms. The first-order valence-corrected chi connectivity index (χ1v) is 8.21. The number of nitrogens with zero attached hydrogens (tertiary/aromatic N) is 8. The number of hydrogen-bond acceptors (Lipinski definition) is 6. The molecule has 0 amide bonds. The van der Waals surface area contributed by atoms with Gasteiger partial charge in [0.25, 0.3) is 0 Å². The molecule has 0 saturated carbocycles. The van der Waals surface area contributed by atoms with E-state index in [-0.39, 0.29) is 0 Å². The lowest BCUT2D eigenvalue weighted by atomic mass is 10.2. The summed E-state index contributed by atoms with van der Waals surface area (Å²) in [5.74, 6) is 2.09. The summed E-state index contributed by atoms with van der Waals surface area (Å²) in [7, 11) is 3.95. The van der Waals surface area contributed by atoms with Crippen LogP contribution in [0.1, 0.15) is 12.7 Å². The van der Waals surface area contributed by atoms with Gasteiger partial charge in [-0.15, -0.1) is 0 Å². The quantitative estimate of drug-likeness (QED) is 0.709. The smallest absolute Gasteiger partial charge is 0.163 e. The highest BCUT2D eigenvalue weighted by Crippen LogP contribution is 2.25. The lowest BCUT2D eigenvalue weighted by Gasteiger charge is -2.40. The van der Waals surface area contributed by atoms with E-state index in [9.17, 15) is 0 Å². The van der Waals surface area contributed by atoms with E-state index in [1.165, 1.54) is 0 Å². The Labute approximate surface area is 140 Å². The Balaban J connectivity index is 1.53. The molecule has 0 spiro atoms. The molecular formula is C16H22N8. The SMILES string of the molecule is CC1CN(c2ncnc3c2cnn3C)CCN1Cc1nccn1C. The van der Waals surface area contributed by atoms with Crippen molar-refractivity contribution >= 4 is 16.9 Å². The number of rotatable bonds is 3. The molecule has 1 saturated heterocycles. The Morgan fingerprint density at radius 2 is 2.04 bits per heavy atom. The third kappa shape index (κ3) is 2.52. The summed E-state index contributed by atoms with van der Waals surface area (Å²) in [6.45, 7) is 6.00. The zero-order valence-corrected chi connectivity index (χ0v) is 14.3. The van der Waals surface area contributed by atoms with Gasteiger partial charge in [0.15, 0.2) is 5.65 Å². The Hall–Kier alpha value is -2.48. The van der Waals surface area contributed by atoms with Crippen LogP contribution in [0, 0.1) is 0 Å². The normalized spacial score (nSPS) is 19.3. The van der Waals surface area contributed by atoms with Crippen molar-refractivity contribution in [2.24, 2.45) is 14.1 Å². The molecule has 1 aliphatic heterocycles. The minimum atomic E-state index is 0.428. The highest BCUT2D eigenvalue weighted by molar-refractivity contribution is 5.86. The minimum Gasteiger partial charge on any atom is -0.353 e. The molecule has 4 rings (SSSR count). The van der Waals surface area contributed by atoms with Gasteiger partial charge in [0, 0.05) is 52.2 Å². The summed E-state index contributed by atoms with van der Waals surface area (Å²) in [6, 6.07) is 0.428. The molecule has 4 heterocycles. The predicted octanol–water partition coefficient (Wildman–Crippen LogP) is 0.807. The third-order valence-corrected chi connectivity index (χ3v) is 4.84. The van der Waals surface area contributed by atoms with Crippen molar-refractivity contribution in [2.45, 2.75) is 19.5 Å². The standard InChI is InChI=1S/C16H22N8/c1-12-9-24(7-6-23(12)10-14-17-4-5-21(14)2)16-13-8-20-22(3)15(13)18-11-19-16/h4-5,8,11-12H,6-7,9-10H2,1-3H3. The number of imidazole rings is 1. The van der Waals surface area contributed by atoms with Gasteiger partial charge in [-0.25, -0.2) is 15.0 Å². The third-order valence-electron chi connectivity index (χ3n) is 4.84. The molecule has 0 aliphatic carbocycles. The van der Waals surface area contributed by atoms with E-state index in [2.05, 4.69) is 41.3 Å². The lowest BCUT2D eigenvalue weighted by Crippen LogP contribution is -2.52. The highest BCUT2D eigenvalue weighted by Gasteiger charge is 2.26. The fourth-order valence-corrected chi connectivity index (χ4v) is 3.35. The highest BCUT2D eigenvalue weighted by atomic mass is 15.3. The maximum atomic E-state index is 4.52. The second-order valence-electron chi connectivity index (χ2n) is 6.42. The van der Waals surface area contributed by atoms with E-state index in [0.717, 1.165) is 48.9 Å². The maximum absolute atomic E-state index is 4.52. The second kappa shape index (κ2) is 5.86. The van der Waals surface area contributed by atoms with Crippen LogP contribution in [0.3, 0.4) is 0 Å². The zero-order valence-electron chi connectivity index (χ0n) is 14.3. The summed E-state index contributed by atoms with van der Waals surface area (Å²) < 4.78 is 3.88. The van der Waals surface area contributed by atoms with Gasteiger partial charge >= 0.3 is 0 Å². The number of fused-ring (bicyclic) bond motifs is 1. The predicted molar refractivity (Wildman–Crippen MR) is 91.6 cm³/mol. The molecule has 3 aromatic rings. The first-order valence-electron chi connectivity index (χ1n) is 8.21. The van der Waals surface area contributed by atoms with Gasteiger partial charge in [-0.1, -0.05) is 0 Å². The Bertz CT molecular complexity index is 851. The summed E-state index contributed by atoms with van der Waals surface area (Å²) in [4.78, 5) is 18.1. The Kier molecular flexibility index (Phi) is 3.68. The van der Waals surface area contributed by atoms with E-state index in [4.69, 9.17) is 0 Å². The first kappa shape index (κ1) is 15.1. The van der Waals surface area contributed by atoms with E-state index < -0.39 is 0 Å². The van der Waals surface area contributed by atoms with Crippen molar-refractivity contribution in [1.29, 1.82) is 0 Å². The molecule has 1 unspecified atom stereocenters. The zero-order chi connectivity index (χ0) is 16.7. The summed E-state index contributed by atoms with van der Waals surface area (Å²) >= 11 is 0. The molecule has 3 aromatic heterocycles. The first-order chi connectivity index (χ1) is 11.6. The molecule has 1 atom stereocenters. The lowest BCUT2D eigenvalue weighted by molar-refractivity contribution is 0.175. The minimum absolute atomic E-state index is 0.428. The van der Waals surface area contributed by atoms with Crippen LogP contribution in [0.5, 0.6) is 0 Å². The summed E-state index contributed by atoms with van der Waals surface area (Å²) in [6.07, 6.45) is 7.34. The van der Waals surface area contributed by atoms with Gasteiger partial charge in [0.1, 0.15) is 18.0 Å². The average molecular weight is 326 g/mol. The van der Waals surface area contributed by atoms with Crippen molar-refractivity contribution in [1.82, 2.24) is 34.2 Å². The van der Waals surface area contributed by atoms with Crippen molar-refractivity contribution in [3.8, 4) is 0 Å². The van der Waals surface area contributed by atoms with Crippen molar-refractivity contribution in [3.63, 3.8) is 0 Å². The van der Waals surface area contributed by atoms with Crippen LogP contribution in [0.25, 0.3) is 11.0 Å². The van der Waals surface area contributed by atoms with Gasteiger partial charge < -0.3 is 9.47 Å². The molecular weight excluding hydrogens is 304 g/mol. The monoisotopic (exact) mass is 326 g/mol. The summed E-state index contributed by atoms with van der Waals surface area (Å²) in [5.41, 5.74) is 0.878. The number of piperazine rings is 1. The molecule has 0 N–H and O–H groups in total. The molecule has 0 aromatic carbocycles. The Morgan fingerprint density at radius 1 is 1.17 bits per heavy atom. The average Bonchev–Trinajstić information content (AvgIpc) is 3.16. The largest absolute Gasteiger partial charge is 0.353 e. The van der Waals surface area contributed by atoms with Crippen LogP contribution in [0.15, 0.2) is 24.9 Å². The molecule has 24 heavy (non-hydrogen) atoms. The molecule has 1 fully saturated rings. The van der Waals surface area contributed by atoms with Crippen LogP contribution >= 0.6 is 0 Å². The van der Waals surface area contributed by atoms with Crippen LogP contribution in [0.4, 0.5) is 5.82 Å². The molecule has 0 bridgehead atoms. The van der Waals surface area contributed by atoms with Gasteiger partial charge in [0.05, 0.1) is 18.1 Å². The van der Waals surface area contributed by atoms with Gasteiger partial charge in [-0.05, 0) is 6.92 Å². The number of aromatic nitrogens is 6. The second-order valence-corrected chi connectivity index (χ2v) is 6.42. The van der Waals surface area contributed by atoms with Gasteiger partial charge in [-0.2, -0.15) is 5.10 Å². The van der Waals surface area contributed by atoms with Crippen LogP contribution in [-0.4, -0.2) is 59.9 Å². The topological polar surface area (TPSA) is 67.9 Å². The van der Waals surface area contributed by atoms with Crippen LogP contribution < -0.4 is 4.90 Å². The van der Waals surface area contributed by atoms with E-state index in [1.54, 1.807) is 11.0 Å². The molecule has 0 radical (unpaired) electrons. The number of anilines is 1. The number of hydrogen-bond donors (Lipinski definition) is 0. The van der Waals surface area contributed by atoms with Crippen molar-refractivity contribution < 1.29 is 0 Å². The maximum Gasteiger partial charge on any atom is 0.163 e. The molecule has 1 aliphatic rings. The van der Waals surface area contributed by atoms with Gasteiger partial charge in [0.2, 0.25) is 0 Å². The van der Waals surface area contributed by atoms with Crippen LogP contribution in [0.2, 0.25) is 0 Å². The van der Waals surface area contributed by atoms with Crippen molar-refractivity contribution in [2.75, 3.05) is 24.5 Å². The Morgan fingerprint density at radius 3 is 2.79 bits per heavy atom. The number of aryl methyl sites for hydroxylation is 2. The van der Waals surface area contributed by atoms with Crippen LogP contribution in [-0.2, 0) is 20.6 Å². The van der Waals surface area contributed by atoms with E-state index >= 15 is 0 Å². The van der Waals surface area contributed by atoms with Crippen molar-refractivity contribution in [3.05, 3.63) is 30.7 Å². The molecule has 8 nitrogen and oxygen atoms in total. The fourth-order valence-electron chi connectivity index (χ4n) is 3.35. The molecule has 126 valence electrons. The fraction of sp³-hybridized carbons (Fsp3) is 0.500. The van der Waals surface area contributed by atoms with Gasteiger partial charge in [-0.3, -0.25) is 9.58 Å². The van der Waals surface area contributed by atoms with E-state index in [0.29, 0.717) is 6.04 Å². The van der Waals surface area contributed by atoms with E-state index in [1.807, 2.05) is 32.7 Å².